The molecule has 3 aromatic carbocycles. The first-order chi connectivity index (χ1) is 17.4. The topological polar surface area (TPSA) is 49.4 Å². The van der Waals surface area contributed by atoms with Crippen LogP contribution in [0.15, 0.2) is 72.8 Å². The number of nitrogens with one attached hydrogen (secondary N) is 1. The number of benzene rings is 3. The van der Waals surface area contributed by atoms with Crippen LogP contribution in [0.5, 0.6) is 0 Å². The summed E-state index contributed by atoms with van der Waals surface area (Å²) in [7, 11) is 0. The Morgan fingerprint density at radius 1 is 0.889 bits per heavy atom. The summed E-state index contributed by atoms with van der Waals surface area (Å²) in [4.78, 5) is 28.6. The first-order valence-electron chi connectivity index (χ1n) is 11.7. The minimum atomic E-state index is -0.646. The molecule has 0 aliphatic rings. The monoisotopic (exact) mass is 562 g/mol. The van der Waals surface area contributed by atoms with Crippen LogP contribution < -0.4 is 5.32 Å². The summed E-state index contributed by atoms with van der Waals surface area (Å²) in [6.07, 6.45) is 1.24. The largest absolute Gasteiger partial charge is 0.354 e. The van der Waals surface area contributed by atoms with Gasteiger partial charge in [0.05, 0.1) is 15.8 Å². The van der Waals surface area contributed by atoms with Gasteiger partial charge in [-0.2, -0.15) is 0 Å². The lowest BCUT2D eigenvalue weighted by molar-refractivity contribution is -0.139. The number of hydrogen-bond acceptors (Lipinski definition) is 3. The lowest BCUT2D eigenvalue weighted by Crippen LogP contribution is -2.51. The van der Waals surface area contributed by atoms with Crippen LogP contribution in [0.4, 0.5) is 0 Å². The van der Waals surface area contributed by atoms with Gasteiger partial charge < -0.3 is 10.2 Å². The second-order valence-corrected chi connectivity index (χ2v) is 10.6. The maximum Gasteiger partial charge on any atom is 0.243 e. The number of amides is 2. The van der Waals surface area contributed by atoms with E-state index in [0.29, 0.717) is 40.3 Å². The standard InChI is InChI=1S/C28H29Cl3N2O2S/c1-2-14-32-28(35)26(16-20-6-4-3-5-7-20)33(17-21-8-11-23(29)12-9-21)27(34)19-36-18-22-10-13-24(30)25(31)15-22/h3-13,15,26H,2,14,16-19H2,1H3,(H,32,35). The normalized spacial score (nSPS) is 11.7. The van der Waals surface area contributed by atoms with E-state index in [0.717, 1.165) is 23.1 Å². The van der Waals surface area contributed by atoms with Crippen molar-refractivity contribution in [2.75, 3.05) is 12.3 Å². The van der Waals surface area contributed by atoms with Crippen molar-refractivity contribution >= 4 is 58.4 Å². The summed E-state index contributed by atoms with van der Waals surface area (Å²) in [6, 6.07) is 21.9. The summed E-state index contributed by atoms with van der Waals surface area (Å²) in [5, 5.41) is 4.59. The van der Waals surface area contributed by atoms with Gasteiger partial charge >= 0.3 is 0 Å². The number of carbonyl (C=O) groups excluding carboxylic acids is 2. The second-order valence-electron chi connectivity index (χ2n) is 8.39. The second kappa shape index (κ2) is 14.5. The quantitative estimate of drug-likeness (QED) is 0.257. The van der Waals surface area contributed by atoms with Crippen LogP contribution in [0.3, 0.4) is 0 Å². The van der Waals surface area contributed by atoms with Gasteiger partial charge in [-0.3, -0.25) is 9.59 Å². The molecule has 0 spiro atoms. The number of hydrogen-bond donors (Lipinski definition) is 1. The van der Waals surface area contributed by atoms with Crippen LogP contribution in [0.2, 0.25) is 15.1 Å². The molecular formula is C28H29Cl3N2O2S. The molecule has 8 heteroatoms. The molecule has 3 aromatic rings. The van der Waals surface area contributed by atoms with Crippen molar-refractivity contribution in [3.05, 3.63) is 105 Å². The van der Waals surface area contributed by atoms with Crippen LogP contribution in [-0.4, -0.2) is 35.1 Å². The Kier molecular flexibility index (Phi) is 11.5. The molecule has 0 heterocycles. The highest BCUT2D eigenvalue weighted by Crippen LogP contribution is 2.25. The third-order valence-electron chi connectivity index (χ3n) is 5.56. The molecule has 0 radical (unpaired) electrons. The Morgan fingerprint density at radius 3 is 2.25 bits per heavy atom. The summed E-state index contributed by atoms with van der Waals surface area (Å²) in [5.74, 6) is 0.559. The maximum atomic E-state index is 13.6. The molecule has 1 unspecified atom stereocenters. The molecule has 4 nitrogen and oxygen atoms in total. The summed E-state index contributed by atoms with van der Waals surface area (Å²) in [5.41, 5.74) is 2.88. The Labute approximate surface area is 232 Å². The van der Waals surface area contributed by atoms with Crippen molar-refractivity contribution < 1.29 is 9.59 Å². The average molecular weight is 564 g/mol. The predicted molar refractivity (Wildman–Crippen MR) is 152 cm³/mol. The van der Waals surface area contributed by atoms with Crippen LogP contribution in [0.25, 0.3) is 0 Å². The predicted octanol–water partition coefficient (Wildman–Crippen LogP) is 7.05. The van der Waals surface area contributed by atoms with Crippen LogP contribution >= 0.6 is 46.6 Å². The van der Waals surface area contributed by atoms with Crippen molar-refractivity contribution in [2.45, 2.75) is 38.1 Å². The van der Waals surface area contributed by atoms with Crippen LogP contribution in [0, 0.1) is 0 Å². The smallest absolute Gasteiger partial charge is 0.243 e. The number of nitrogens with zero attached hydrogens (tertiary/aromatic N) is 1. The third-order valence-corrected chi connectivity index (χ3v) is 7.54. The van der Waals surface area contributed by atoms with Gasteiger partial charge in [0, 0.05) is 30.3 Å². The molecule has 0 aliphatic carbocycles. The van der Waals surface area contributed by atoms with Gasteiger partial charge in [0.2, 0.25) is 11.8 Å². The molecule has 1 atom stereocenters. The zero-order chi connectivity index (χ0) is 25.9. The molecule has 2 amide bonds. The fourth-order valence-electron chi connectivity index (χ4n) is 3.68. The van der Waals surface area contributed by atoms with Gasteiger partial charge in [0.15, 0.2) is 0 Å². The van der Waals surface area contributed by atoms with Gasteiger partial charge in [-0.15, -0.1) is 11.8 Å². The van der Waals surface area contributed by atoms with Crippen molar-refractivity contribution in [1.82, 2.24) is 10.2 Å². The van der Waals surface area contributed by atoms with Gasteiger partial charge in [-0.05, 0) is 47.4 Å². The highest BCUT2D eigenvalue weighted by atomic mass is 35.5. The van der Waals surface area contributed by atoms with Gasteiger partial charge in [0.1, 0.15) is 6.04 Å². The fourth-order valence-corrected chi connectivity index (χ4v) is 4.98. The van der Waals surface area contributed by atoms with Gasteiger partial charge in [-0.25, -0.2) is 0 Å². The molecule has 0 bridgehead atoms. The molecule has 0 saturated heterocycles. The molecule has 3 rings (SSSR count). The first-order valence-corrected chi connectivity index (χ1v) is 14.0. The van der Waals surface area contributed by atoms with Crippen LogP contribution in [-0.2, 0) is 28.3 Å². The SMILES string of the molecule is CCCNC(=O)C(Cc1ccccc1)N(Cc1ccc(Cl)cc1)C(=O)CSCc1ccc(Cl)c(Cl)c1. The maximum absolute atomic E-state index is 13.6. The van der Waals surface area contributed by atoms with Crippen LogP contribution in [0.1, 0.15) is 30.0 Å². The zero-order valence-electron chi connectivity index (χ0n) is 20.1. The minimum Gasteiger partial charge on any atom is -0.354 e. The Hall–Kier alpha value is -2.18. The summed E-state index contributed by atoms with van der Waals surface area (Å²) >= 11 is 19.7. The van der Waals surface area contributed by atoms with E-state index in [2.05, 4.69) is 5.32 Å². The van der Waals surface area contributed by atoms with Gasteiger partial charge in [-0.1, -0.05) is 90.3 Å². The molecule has 190 valence electrons. The summed E-state index contributed by atoms with van der Waals surface area (Å²) < 4.78 is 0. The Balaban J connectivity index is 1.82. The van der Waals surface area contributed by atoms with Crippen molar-refractivity contribution in [1.29, 1.82) is 0 Å². The Morgan fingerprint density at radius 2 is 1.58 bits per heavy atom. The van der Waals surface area contributed by atoms with Crippen molar-refractivity contribution in [2.24, 2.45) is 0 Å². The van der Waals surface area contributed by atoms with E-state index in [9.17, 15) is 9.59 Å². The number of carbonyl (C=O) groups is 2. The highest BCUT2D eigenvalue weighted by molar-refractivity contribution is 7.99. The summed E-state index contributed by atoms with van der Waals surface area (Å²) in [6.45, 7) is 2.86. The molecular weight excluding hydrogens is 535 g/mol. The Bertz CT molecular complexity index is 1140. The third kappa shape index (κ3) is 8.74. The van der Waals surface area contributed by atoms with E-state index in [4.69, 9.17) is 34.8 Å². The molecule has 0 aromatic heterocycles. The highest BCUT2D eigenvalue weighted by Gasteiger charge is 2.30. The number of thioether (sulfide) groups is 1. The molecule has 1 N–H and O–H groups in total. The molecule has 0 fully saturated rings. The number of halogens is 3. The lowest BCUT2D eigenvalue weighted by atomic mass is 10.0. The van der Waals surface area contributed by atoms with E-state index in [1.54, 1.807) is 23.1 Å². The average Bonchev–Trinajstić information content (AvgIpc) is 2.88. The van der Waals surface area contributed by atoms with E-state index < -0.39 is 6.04 Å². The van der Waals surface area contributed by atoms with E-state index in [1.165, 1.54) is 11.8 Å². The van der Waals surface area contributed by atoms with E-state index in [-0.39, 0.29) is 17.6 Å². The molecule has 0 aliphatic heterocycles. The molecule has 36 heavy (non-hydrogen) atoms. The number of rotatable bonds is 12. The van der Waals surface area contributed by atoms with Crippen molar-refractivity contribution in [3.8, 4) is 0 Å². The van der Waals surface area contributed by atoms with Crippen molar-refractivity contribution in [3.63, 3.8) is 0 Å². The van der Waals surface area contributed by atoms with Gasteiger partial charge in [0.25, 0.3) is 0 Å². The fraction of sp³-hybridized carbons (Fsp3) is 0.286. The first kappa shape index (κ1) is 28.4. The zero-order valence-corrected chi connectivity index (χ0v) is 23.1. The lowest BCUT2D eigenvalue weighted by Gasteiger charge is -2.31. The van der Waals surface area contributed by atoms with E-state index >= 15 is 0 Å². The van der Waals surface area contributed by atoms with E-state index in [1.807, 2.05) is 61.5 Å². The molecule has 0 saturated carbocycles. The minimum absolute atomic E-state index is 0.109.